The summed E-state index contributed by atoms with van der Waals surface area (Å²) in [6, 6.07) is 10.7. The number of thiazole rings is 1. The Morgan fingerprint density at radius 1 is 1.29 bits per heavy atom. The van der Waals surface area contributed by atoms with Crippen molar-refractivity contribution >= 4 is 49.9 Å². The highest BCUT2D eigenvalue weighted by Gasteiger charge is 2.12. The molecule has 0 fully saturated rings. The van der Waals surface area contributed by atoms with Gasteiger partial charge in [0.1, 0.15) is 0 Å². The summed E-state index contributed by atoms with van der Waals surface area (Å²) in [7, 11) is 0. The number of benzene rings is 2. The van der Waals surface area contributed by atoms with Crippen LogP contribution in [0, 0.1) is 6.92 Å². The molecule has 2 N–H and O–H groups in total. The Labute approximate surface area is 130 Å². The minimum atomic E-state index is -0.967. The summed E-state index contributed by atoms with van der Waals surface area (Å²) < 4.78 is 0.953. The van der Waals surface area contributed by atoms with Crippen LogP contribution in [0.3, 0.4) is 0 Å². The third kappa shape index (κ3) is 2.84. The van der Waals surface area contributed by atoms with Gasteiger partial charge >= 0.3 is 5.97 Å². The average molecular weight is 319 g/mol. The smallest absolute Gasteiger partial charge is 0.337 e. The number of fused-ring (bicyclic) bond motifs is 1. The summed E-state index contributed by atoms with van der Waals surface area (Å²) in [5, 5.41) is 13.6. The van der Waals surface area contributed by atoms with Gasteiger partial charge in [0.25, 0.3) is 0 Å². The molecule has 0 spiro atoms. The first-order chi connectivity index (χ1) is 10.0. The fourth-order valence-corrected chi connectivity index (χ4v) is 3.17. The van der Waals surface area contributed by atoms with Crippen LogP contribution >= 0.6 is 22.9 Å². The molecule has 0 atom stereocenters. The van der Waals surface area contributed by atoms with Crippen molar-refractivity contribution < 1.29 is 9.90 Å². The topological polar surface area (TPSA) is 62.2 Å². The maximum atomic E-state index is 11.3. The van der Waals surface area contributed by atoms with Crippen LogP contribution in [0.25, 0.3) is 10.2 Å². The highest BCUT2D eigenvalue weighted by atomic mass is 35.5. The van der Waals surface area contributed by atoms with Gasteiger partial charge in [-0.2, -0.15) is 0 Å². The average Bonchev–Trinajstić information content (AvgIpc) is 2.82. The Kier molecular flexibility index (Phi) is 3.53. The number of carboxylic acid groups (broad SMARTS) is 1. The summed E-state index contributed by atoms with van der Waals surface area (Å²) in [6.45, 7) is 1.86. The number of aryl methyl sites for hydroxylation is 1. The van der Waals surface area contributed by atoms with Gasteiger partial charge in [-0.1, -0.05) is 34.6 Å². The lowest BCUT2D eigenvalue weighted by Gasteiger charge is -2.07. The van der Waals surface area contributed by atoms with Crippen molar-refractivity contribution in [3.63, 3.8) is 0 Å². The van der Waals surface area contributed by atoms with E-state index in [1.165, 1.54) is 11.3 Å². The van der Waals surface area contributed by atoms with Crippen molar-refractivity contribution in [3.8, 4) is 0 Å². The minimum Gasteiger partial charge on any atom is -0.478 e. The molecular weight excluding hydrogens is 308 g/mol. The molecule has 0 saturated heterocycles. The van der Waals surface area contributed by atoms with Crippen LogP contribution in [0.15, 0.2) is 36.4 Å². The maximum Gasteiger partial charge on any atom is 0.337 e. The van der Waals surface area contributed by atoms with Crippen LogP contribution in [-0.4, -0.2) is 16.1 Å². The van der Waals surface area contributed by atoms with Crippen LogP contribution in [0.4, 0.5) is 10.8 Å². The summed E-state index contributed by atoms with van der Waals surface area (Å²) in [5.74, 6) is -0.967. The van der Waals surface area contributed by atoms with Crippen LogP contribution < -0.4 is 5.32 Å². The highest BCUT2D eigenvalue weighted by molar-refractivity contribution is 7.22. The molecule has 3 aromatic rings. The number of aromatic nitrogens is 1. The molecule has 0 bridgehead atoms. The maximum absolute atomic E-state index is 11.3. The summed E-state index contributed by atoms with van der Waals surface area (Å²) in [4.78, 5) is 15.7. The molecule has 21 heavy (non-hydrogen) atoms. The van der Waals surface area contributed by atoms with Gasteiger partial charge in [-0.15, -0.1) is 0 Å². The fraction of sp³-hybridized carbons (Fsp3) is 0.0667. The number of nitrogens with one attached hydrogen (secondary N) is 1. The number of nitrogens with zero attached hydrogens (tertiary/aromatic N) is 1. The first kappa shape index (κ1) is 13.9. The molecule has 1 aromatic heterocycles. The van der Waals surface area contributed by atoms with Crippen molar-refractivity contribution in [2.45, 2.75) is 6.92 Å². The predicted molar refractivity (Wildman–Crippen MR) is 86.1 cm³/mol. The van der Waals surface area contributed by atoms with Crippen LogP contribution in [0.5, 0.6) is 0 Å². The Morgan fingerprint density at radius 3 is 2.86 bits per heavy atom. The molecule has 4 nitrogen and oxygen atoms in total. The molecule has 0 aliphatic carbocycles. The second-order valence-corrected chi connectivity index (χ2v) is 6.08. The van der Waals surface area contributed by atoms with E-state index in [0.717, 1.165) is 15.8 Å². The Hall–Kier alpha value is -2.11. The third-order valence-electron chi connectivity index (χ3n) is 3.00. The van der Waals surface area contributed by atoms with E-state index >= 15 is 0 Å². The second-order valence-electron chi connectivity index (χ2n) is 4.61. The lowest BCUT2D eigenvalue weighted by molar-refractivity contribution is 0.0698. The summed E-state index contributed by atoms with van der Waals surface area (Å²) in [5.41, 5.74) is 2.48. The number of carbonyl (C=O) groups is 1. The monoisotopic (exact) mass is 318 g/mol. The summed E-state index contributed by atoms with van der Waals surface area (Å²) >= 11 is 7.38. The van der Waals surface area contributed by atoms with Gasteiger partial charge < -0.3 is 10.4 Å². The molecule has 0 aliphatic rings. The third-order valence-corrected chi connectivity index (χ3v) is 4.17. The lowest BCUT2D eigenvalue weighted by atomic mass is 10.1. The molecule has 0 amide bonds. The van der Waals surface area contributed by atoms with Gasteiger partial charge in [0.15, 0.2) is 5.13 Å². The van der Waals surface area contributed by atoms with Crippen molar-refractivity contribution in [3.05, 3.63) is 52.5 Å². The minimum absolute atomic E-state index is 0.229. The summed E-state index contributed by atoms with van der Waals surface area (Å²) in [6.07, 6.45) is 0. The molecule has 2 aromatic carbocycles. The van der Waals surface area contributed by atoms with Gasteiger partial charge in [-0.25, -0.2) is 9.78 Å². The van der Waals surface area contributed by atoms with Crippen molar-refractivity contribution in [1.82, 2.24) is 4.98 Å². The van der Waals surface area contributed by atoms with Gasteiger partial charge in [0, 0.05) is 5.02 Å². The molecule has 0 aliphatic heterocycles. The van der Waals surface area contributed by atoms with E-state index < -0.39 is 5.97 Å². The molecule has 0 saturated carbocycles. The van der Waals surface area contributed by atoms with Crippen LogP contribution in [-0.2, 0) is 0 Å². The van der Waals surface area contributed by atoms with E-state index in [4.69, 9.17) is 11.6 Å². The quantitative estimate of drug-likeness (QED) is 0.734. The van der Waals surface area contributed by atoms with Gasteiger partial charge in [0.05, 0.1) is 21.5 Å². The van der Waals surface area contributed by atoms with Gasteiger partial charge in [-0.05, 0) is 37.3 Å². The molecule has 1 heterocycles. The number of rotatable bonds is 3. The molecule has 0 radical (unpaired) electrons. The van der Waals surface area contributed by atoms with Crippen LogP contribution in [0.1, 0.15) is 15.9 Å². The molecule has 6 heteroatoms. The zero-order valence-electron chi connectivity index (χ0n) is 11.1. The Morgan fingerprint density at radius 2 is 2.10 bits per heavy atom. The van der Waals surface area contributed by atoms with Gasteiger partial charge in [-0.3, -0.25) is 0 Å². The number of halogens is 1. The largest absolute Gasteiger partial charge is 0.478 e. The first-order valence-corrected chi connectivity index (χ1v) is 7.39. The molecule has 106 valence electrons. The Bertz CT molecular complexity index is 845. The fourth-order valence-electron chi connectivity index (χ4n) is 2.01. The molecular formula is C15H11ClN2O2S. The van der Waals surface area contributed by atoms with E-state index in [1.54, 1.807) is 18.2 Å². The predicted octanol–water partition coefficient (Wildman–Crippen LogP) is 4.70. The second kappa shape index (κ2) is 5.35. The standard InChI is InChI=1S/C15H11ClN2O2S/c1-8-2-4-11(10(6-8)14(19)20)17-15-18-12-5-3-9(16)7-13(12)21-15/h2-7H,1H3,(H,17,18)(H,19,20). The van der Waals surface area contributed by atoms with Crippen molar-refractivity contribution in [2.24, 2.45) is 0 Å². The van der Waals surface area contributed by atoms with E-state index in [0.29, 0.717) is 15.8 Å². The number of hydrogen-bond acceptors (Lipinski definition) is 4. The van der Waals surface area contributed by atoms with E-state index in [-0.39, 0.29) is 5.56 Å². The first-order valence-electron chi connectivity index (χ1n) is 6.20. The number of anilines is 2. The van der Waals surface area contributed by atoms with E-state index in [2.05, 4.69) is 10.3 Å². The molecule has 0 unspecified atom stereocenters. The van der Waals surface area contributed by atoms with E-state index in [1.807, 2.05) is 25.1 Å². The van der Waals surface area contributed by atoms with E-state index in [9.17, 15) is 9.90 Å². The normalized spacial score (nSPS) is 10.8. The highest BCUT2D eigenvalue weighted by Crippen LogP contribution is 2.31. The van der Waals surface area contributed by atoms with Crippen molar-refractivity contribution in [2.75, 3.05) is 5.32 Å². The Balaban J connectivity index is 2.00. The lowest BCUT2D eigenvalue weighted by Crippen LogP contribution is -2.02. The van der Waals surface area contributed by atoms with Crippen LogP contribution in [0.2, 0.25) is 5.02 Å². The number of carboxylic acids is 1. The number of aromatic carboxylic acids is 1. The number of hydrogen-bond donors (Lipinski definition) is 2. The van der Waals surface area contributed by atoms with Gasteiger partial charge in [0.2, 0.25) is 0 Å². The SMILES string of the molecule is Cc1ccc(Nc2nc3ccc(Cl)cc3s2)c(C(=O)O)c1. The zero-order chi connectivity index (χ0) is 15.0. The molecule has 3 rings (SSSR count). The zero-order valence-corrected chi connectivity index (χ0v) is 12.6. The van der Waals surface area contributed by atoms with Crippen molar-refractivity contribution in [1.29, 1.82) is 0 Å².